The number of anilines is 2. The summed E-state index contributed by atoms with van der Waals surface area (Å²) >= 11 is 1.96. The minimum Gasteiger partial charge on any atom is -0.508 e. The van der Waals surface area contributed by atoms with E-state index in [1.54, 1.807) is 36.4 Å². The molecule has 1 fully saturated rings. The highest BCUT2D eigenvalue weighted by Crippen LogP contribution is 2.54. The van der Waals surface area contributed by atoms with Crippen molar-refractivity contribution in [2.75, 3.05) is 17.3 Å². The number of fused-ring (bicyclic) bond motifs is 2. The monoisotopic (exact) mass is 618 g/mol. The Hall–Kier alpha value is -4.95. The van der Waals surface area contributed by atoms with Crippen LogP contribution in [-0.2, 0) is 20.9 Å². The van der Waals surface area contributed by atoms with Gasteiger partial charge in [0.25, 0.3) is 5.69 Å². The maximum Gasteiger partial charge on any atom is 0.308 e. The van der Waals surface area contributed by atoms with Gasteiger partial charge in [0.15, 0.2) is 0 Å². The van der Waals surface area contributed by atoms with Gasteiger partial charge in [0.1, 0.15) is 23.3 Å². The van der Waals surface area contributed by atoms with E-state index in [9.17, 15) is 34.4 Å². The van der Waals surface area contributed by atoms with Crippen molar-refractivity contribution in [3.8, 4) is 11.5 Å². The number of phenolic OH excluding ortho intramolecular Hbond substituents is 1. The smallest absolute Gasteiger partial charge is 0.308 e. The highest BCUT2D eigenvalue weighted by molar-refractivity contribution is 8.00. The molecule has 2 N–H and O–H groups in total. The van der Waals surface area contributed by atoms with Crippen molar-refractivity contribution >= 4 is 57.9 Å². The lowest BCUT2D eigenvalue weighted by Crippen LogP contribution is -2.33. The Kier molecular flexibility index (Phi) is 7.23. The molecule has 1 aromatic heterocycles. The van der Waals surface area contributed by atoms with Crippen molar-refractivity contribution in [1.29, 1.82) is 0 Å². The van der Waals surface area contributed by atoms with Crippen LogP contribution >= 0.6 is 23.1 Å². The molecule has 12 nitrogen and oxygen atoms in total. The fourth-order valence-corrected chi connectivity index (χ4v) is 8.07. The van der Waals surface area contributed by atoms with Gasteiger partial charge in [0.2, 0.25) is 17.7 Å². The van der Waals surface area contributed by atoms with Crippen molar-refractivity contribution in [2.24, 2.45) is 5.92 Å². The first-order valence-electron chi connectivity index (χ1n) is 12.9. The zero-order valence-corrected chi connectivity index (χ0v) is 24.0. The highest BCUT2D eigenvalue weighted by Gasteiger charge is 2.56. The Labute approximate surface area is 251 Å². The lowest BCUT2D eigenvalue weighted by molar-refractivity contribution is -0.384. The maximum absolute atomic E-state index is 13.9. The second kappa shape index (κ2) is 11.0. The number of benzene rings is 3. The van der Waals surface area contributed by atoms with Crippen LogP contribution in [0.1, 0.15) is 16.4 Å². The van der Waals surface area contributed by atoms with Crippen LogP contribution in [0, 0.1) is 16.0 Å². The number of hydrogen-bond acceptors (Lipinski definition) is 10. The number of nitrogens with zero attached hydrogens (tertiary/aromatic N) is 3. The number of non-ortho nitro benzene ring substituents is 1. The Morgan fingerprint density at radius 2 is 1.67 bits per heavy atom. The number of hydrogen-bond donors (Lipinski definition) is 2. The van der Waals surface area contributed by atoms with Crippen LogP contribution in [0.25, 0.3) is 0 Å². The van der Waals surface area contributed by atoms with Crippen molar-refractivity contribution in [3.05, 3.63) is 103 Å². The third kappa shape index (κ3) is 5.04. The molecule has 4 aromatic rings. The van der Waals surface area contributed by atoms with Gasteiger partial charge in [0.05, 0.1) is 28.7 Å². The van der Waals surface area contributed by atoms with E-state index in [1.807, 2.05) is 0 Å². The number of nitro groups is 1. The van der Waals surface area contributed by atoms with Crippen LogP contribution in [0.15, 0.2) is 82.6 Å². The number of rotatable bonds is 7. The number of methoxy groups -OCH3 is 1. The molecule has 3 atom stereocenters. The second-order valence-electron chi connectivity index (χ2n) is 9.82. The SMILES string of the molecule is COc1ccc(NC(=O)Cn2c3c(sc2=O)C(c2ccc(O)cc2)C2C(=O)N(c4ccc([N+](=O)[O-])cc4)C(=O)C2S3)cc1. The van der Waals surface area contributed by atoms with Crippen molar-refractivity contribution < 1.29 is 29.2 Å². The molecule has 2 aliphatic rings. The van der Waals surface area contributed by atoms with E-state index in [1.165, 1.54) is 48.1 Å². The van der Waals surface area contributed by atoms with Crippen molar-refractivity contribution in [2.45, 2.75) is 22.7 Å². The van der Waals surface area contributed by atoms with E-state index in [-0.39, 0.29) is 23.7 Å². The standard InChI is InChI=1S/C29H22N4O8S2/c1-41-20-12-4-16(5-13-20)30-21(35)14-31-28-25(43-29(31)38)22(15-2-10-19(34)11-3-15)23-24(42-28)27(37)32(26(23)36)17-6-8-18(9-7-17)33(39)40/h2-13,22-24,34H,14H2,1H3,(H,30,35). The number of thioether (sulfide) groups is 1. The molecule has 6 rings (SSSR count). The number of carbonyl (C=O) groups excluding carboxylic acids is 3. The predicted octanol–water partition coefficient (Wildman–Crippen LogP) is 3.97. The summed E-state index contributed by atoms with van der Waals surface area (Å²) in [7, 11) is 1.53. The molecular formula is C29H22N4O8S2. The molecule has 14 heteroatoms. The van der Waals surface area contributed by atoms with E-state index in [4.69, 9.17) is 4.74 Å². The number of amides is 3. The van der Waals surface area contributed by atoms with E-state index in [0.717, 1.165) is 28.0 Å². The van der Waals surface area contributed by atoms with Crippen molar-refractivity contribution in [1.82, 2.24) is 4.57 Å². The molecule has 0 radical (unpaired) electrons. The summed E-state index contributed by atoms with van der Waals surface area (Å²) in [5.41, 5.74) is 1.13. The fraction of sp³-hybridized carbons (Fsp3) is 0.172. The molecule has 3 amide bonds. The summed E-state index contributed by atoms with van der Waals surface area (Å²) in [5, 5.41) is 23.3. The minimum absolute atomic E-state index is 0.00741. The number of ether oxygens (including phenoxy) is 1. The van der Waals surface area contributed by atoms with Gasteiger partial charge in [-0.25, -0.2) is 4.90 Å². The van der Waals surface area contributed by atoms with Gasteiger partial charge < -0.3 is 15.2 Å². The molecule has 43 heavy (non-hydrogen) atoms. The van der Waals surface area contributed by atoms with E-state index < -0.39 is 44.6 Å². The molecule has 0 bridgehead atoms. The van der Waals surface area contributed by atoms with Crippen LogP contribution in [0.4, 0.5) is 17.1 Å². The molecule has 0 spiro atoms. The summed E-state index contributed by atoms with van der Waals surface area (Å²) in [6, 6.07) is 18.0. The van der Waals surface area contributed by atoms with Crippen LogP contribution < -0.4 is 19.8 Å². The number of aromatic hydroxyl groups is 1. The average Bonchev–Trinajstić information content (AvgIpc) is 3.44. The van der Waals surface area contributed by atoms with Gasteiger partial charge in [0, 0.05) is 28.6 Å². The molecule has 3 unspecified atom stereocenters. The first-order valence-corrected chi connectivity index (χ1v) is 14.6. The van der Waals surface area contributed by atoms with Gasteiger partial charge in [-0.15, -0.1) is 0 Å². The third-order valence-electron chi connectivity index (χ3n) is 7.30. The predicted molar refractivity (Wildman–Crippen MR) is 159 cm³/mol. The van der Waals surface area contributed by atoms with Crippen LogP contribution in [0.3, 0.4) is 0 Å². The highest BCUT2D eigenvalue weighted by atomic mass is 32.2. The number of carbonyl (C=O) groups is 3. The first-order chi connectivity index (χ1) is 20.7. The Morgan fingerprint density at radius 1 is 1.00 bits per heavy atom. The number of thiazole rings is 1. The largest absolute Gasteiger partial charge is 0.508 e. The molecule has 2 aliphatic heterocycles. The topological polar surface area (TPSA) is 161 Å². The van der Waals surface area contributed by atoms with E-state index in [2.05, 4.69) is 5.32 Å². The molecule has 0 saturated carbocycles. The maximum atomic E-state index is 13.9. The normalized spacial score (nSPS) is 19.1. The molecule has 3 aromatic carbocycles. The molecule has 3 heterocycles. The number of nitro benzene ring substituents is 1. The summed E-state index contributed by atoms with van der Waals surface area (Å²) in [5.74, 6) is -2.49. The second-order valence-corrected chi connectivity index (χ2v) is 11.9. The van der Waals surface area contributed by atoms with E-state index in [0.29, 0.717) is 26.9 Å². The van der Waals surface area contributed by atoms with Crippen LogP contribution in [-0.4, -0.2) is 44.7 Å². The van der Waals surface area contributed by atoms with Gasteiger partial charge in [-0.05, 0) is 54.1 Å². The molecule has 1 saturated heterocycles. The number of nitrogens with one attached hydrogen (secondary N) is 1. The van der Waals surface area contributed by atoms with Gasteiger partial charge >= 0.3 is 4.87 Å². The van der Waals surface area contributed by atoms with Gasteiger partial charge in [-0.2, -0.15) is 0 Å². The quantitative estimate of drug-likeness (QED) is 0.177. The fourth-order valence-electron chi connectivity index (χ4n) is 5.29. The zero-order valence-electron chi connectivity index (χ0n) is 22.3. The summed E-state index contributed by atoms with van der Waals surface area (Å²) < 4.78 is 6.44. The first kappa shape index (κ1) is 28.2. The van der Waals surface area contributed by atoms with Crippen LogP contribution in [0.2, 0.25) is 0 Å². The average molecular weight is 619 g/mol. The summed E-state index contributed by atoms with van der Waals surface area (Å²) in [6.07, 6.45) is 0. The van der Waals surface area contributed by atoms with Gasteiger partial charge in [-0.1, -0.05) is 35.2 Å². The number of imide groups is 1. The Bertz CT molecular complexity index is 1820. The molecule has 0 aliphatic carbocycles. The summed E-state index contributed by atoms with van der Waals surface area (Å²) in [6.45, 7) is -0.322. The summed E-state index contributed by atoms with van der Waals surface area (Å²) in [4.78, 5) is 65.6. The zero-order chi connectivity index (χ0) is 30.4. The molecule has 218 valence electrons. The lowest BCUT2D eigenvalue weighted by atomic mass is 9.83. The Morgan fingerprint density at radius 3 is 2.30 bits per heavy atom. The Balaban J connectivity index is 1.37. The van der Waals surface area contributed by atoms with Gasteiger partial charge in [-0.3, -0.25) is 33.9 Å². The minimum atomic E-state index is -0.932. The van der Waals surface area contributed by atoms with Crippen molar-refractivity contribution in [3.63, 3.8) is 0 Å². The molecular weight excluding hydrogens is 596 g/mol. The number of phenols is 1. The third-order valence-corrected chi connectivity index (χ3v) is 9.90. The lowest BCUT2D eigenvalue weighted by Gasteiger charge is -2.30. The number of aromatic nitrogens is 1. The van der Waals surface area contributed by atoms with Crippen LogP contribution in [0.5, 0.6) is 11.5 Å². The van der Waals surface area contributed by atoms with E-state index >= 15 is 0 Å².